The van der Waals surface area contributed by atoms with Crippen molar-refractivity contribution in [2.75, 3.05) is 16.4 Å². The van der Waals surface area contributed by atoms with Crippen LogP contribution in [0.25, 0.3) is 0 Å². The van der Waals surface area contributed by atoms with E-state index < -0.39 is 10.0 Å². The normalized spacial score (nSPS) is 11.7. The molecule has 0 fully saturated rings. The second-order valence-electron chi connectivity index (χ2n) is 3.63. The summed E-state index contributed by atoms with van der Waals surface area (Å²) in [4.78, 5) is 0. The first-order chi connectivity index (χ1) is 7.46. The van der Waals surface area contributed by atoms with E-state index in [0.29, 0.717) is 30.1 Å². The largest absolute Gasteiger partial charge is 0.280 e. The first-order valence-electron chi connectivity index (χ1n) is 5.04. The number of hydrogen-bond donors (Lipinski definition) is 2. The molecule has 0 aliphatic heterocycles. The highest BCUT2D eigenvalue weighted by Gasteiger charge is 2.14. The Hall–Kier alpha value is -0.750. The van der Waals surface area contributed by atoms with Crippen LogP contribution < -0.4 is 4.72 Å². The third-order valence-corrected chi connectivity index (χ3v) is 3.79. The van der Waals surface area contributed by atoms with Crippen LogP contribution in [-0.4, -0.2) is 30.2 Å². The van der Waals surface area contributed by atoms with E-state index in [9.17, 15) is 8.42 Å². The molecule has 0 atom stereocenters. The summed E-state index contributed by atoms with van der Waals surface area (Å²) in [5.74, 6) is 0.572. The zero-order valence-electron chi connectivity index (χ0n) is 9.38. The van der Waals surface area contributed by atoms with Gasteiger partial charge in [-0.15, -0.1) is 11.6 Å². The summed E-state index contributed by atoms with van der Waals surface area (Å²) < 4.78 is 25.9. The van der Waals surface area contributed by atoms with Crippen molar-refractivity contribution in [3.63, 3.8) is 0 Å². The number of aromatic nitrogens is 2. The molecule has 0 aromatic carbocycles. The number of unbranched alkanes of at least 4 members (excludes halogenated alkanes) is 1. The van der Waals surface area contributed by atoms with E-state index in [1.807, 2.05) is 0 Å². The molecule has 0 amide bonds. The highest BCUT2D eigenvalue weighted by molar-refractivity contribution is 7.92. The van der Waals surface area contributed by atoms with Gasteiger partial charge in [0.2, 0.25) is 10.0 Å². The lowest BCUT2D eigenvalue weighted by Crippen LogP contribution is -2.17. The van der Waals surface area contributed by atoms with E-state index in [0.717, 1.165) is 5.69 Å². The van der Waals surface area contributed by atoms with Crippen LogP contribution in [0.5, 0.6) is 0 Å². The fourth-order valence-corrected chi connectivity index (χ4v) is 2.78. The summed E-state index contributed by atoms with van der Waals surface area (Å²) in [6.07, 6.45) is 1.26. The highest BCUT2D eigenvalue weighted by Crippen LogP contribution is 2.18. The molecule has 1 aromatic rings. The van der Waals surface area contributed by atoms with Crippen molar-refractivity contribution in [3.05, 3.63) is 11.4 Å². The number of halogens is 1. The van der Waals surface area contributed by atoms with E-state index in [1.54, 1.807) is 13.8 Å². The second-order valence-corrected chi connectivity index (χ2v) is 5.85. The summed E-state index contributed by atoms with van der Waals surface area (Å²) in [7, 11) is -3.29. The molecule has 0 bridgehead atoms. The molecule has 16 heavy (non-hydrogen) atoms. The van der Waals surface area contributed by atoms with Crippen LogP contribution in [-0.2, 0) is 10.0 Å². The van der Waals surface area contributed by atoms with Crippen molar-refractivity contribution in [3.8, 4) is 0 Å². The number of aromatic amines is 1. The van der Waals surface area contributed by atoms with E-state index in [2.05, 4.69) is 14.9 Å². The summed E-state index contributed by atoms with van der Waals surface area (Å²) in [5.41, 5.74) is 1.92. The zero-order chi connectivity index (χ0) is 12.2. The van der Waals surface area contributed by atoms with Gasteiger partial charge in [-0.3, -0.25) is 9.82 Å². The van der Waals surface area contributed by atoms with Gasteiger partial charge in [0.15, 0.2) is 0 Å². The molecule has 0 unspecified atom stereocenters. The Morgan fingerprint density at radius 2 is 2.06 bits per heavy atom. The van der Waals surface area contributed by atoms with Crippen LogP contribution in [0.3, 0.4) is 0 Å². The van der Waals surface area contributed by atoms with Gasteiger partial charge in [-0.05, 0) is 26.7 Å². The van der Waals surface area contributed by atoms with Crippen LogP contribution >= 0.6 is 11.6 Å². The number of alkyl halides is 1. The average molecular weight is 266 g/mol. The summed E-state index contributed by atoms with van der Waals surface area (Å²) >= 11 is 5.49. The van der Waals surface area contributed by atoms with Gasteiger partial charge in [-0.25, -0.2) is 8.42 Å². The molecule has 0 radical (unpaired) electrons. The Balaban J connectivity index is 2.66. The topological polar surface area (TPSA) is 74.8 Å². The Labute approximate surface area is 101 Å². The number of H-pyrrole nitrogens is 1. The fourth-order valence-electron chi connectivity index (χ4n) is 1.29. The summed E-state index contributed by atoms with van der Waals surface area (Å²) in [6.45, 7) is 3.52. The van der Waals surface area contributed by atoms with Crippen molar-refractivity contribution < 1.29 is 8.42 Å². The summed E-state index contributed by atoms with van der Waals surface area (Å²) in [6, 6.07) is 0. The van der Waals surface area contributed by atoms with Crippen LogP contribution in [0.2, 0.25) is 0 Å². The smallest absolute Gasteiger partial charge is 0.232 e. The van der Waals surface area contributed by atoms with E-state index in [1.165, 1.54) is 0 Å². The molecule has 0 aliphatic carbocycles. The lowest BCUT2D eigenvalue weighted by atomic mass is 10.3. The molecular formula is C9H16ClN3O2S. The molecule has 0 saturated heterocycles. The summed E-state index contributed by atoms with van der Waals surface area (Å²) in [5, 5.41) is 6.65. The Morgan fingerprint density at radius 3 is 2.56 bits per heavy atom. The maximum absolute atomic E-state index is 11.7. The molecule has 2 N–H and O–H groups in total. The lowest BCUT2D eigenvalue weighted by molar-refractivity contribution is 0.598. The number of aryl methyl sites for hydroxylation is 2. The van der Waals surface area contributed by atoms with Gasteiger partial charge < -0.3 is 0 Å². The van der Waals surface area contributed by atoms with Crippen molar-refractivity contribution in [1.82, 2.24) is 10.2 Å². The molecular weight excluding hydrogens is 250 g/mol. The molecule has 7 heteroatoms. The molecule has 0 spiro atoms. The van der Waals surface area contributed by atoms with Gasteiger partial charge in [0, 0.05) is 5.88 Å². The molecule has 0 saturated carbocycles. The number of hydrogen-bond acceptors (Lipinski definition) is 3. The monoisotopic (exact) mass is 265 g/mol. The quantitative estimate of drug-likeness (QED) is 0.608. The van der Waals surface area contributed by atoms with Crippen LogP contribution in [0.1, 0.15) is 24.2 Å². The maximum atomic E-state index is 11.7. The van der Waals surface area contributed by atoms with Crippen molar-refractivity contribution in [2.45, 2.75) is 26.7 Å². The van der Waals surface area contributed by atoms with Gasteiger partial charge in [-0.2, -0.15) is 5.10 Å². The van der Waals surface area contributed by atoms with Gasteiger partial charge in [-0.1, -0.05) is 0 Å². The van der Waals surface area contributed by atoms with Crippen LogP contribution in [0.15, 0.2) is 0 Å². The lowest BCUT2D eigenvalue weighted by Gasteiger charge is -2.07. The van der Waals surface area contributed by atoms with E-state index in [-0.39, 0.29) is 5.75 Å². The van der Waals surface area contributed by atoms with E-state index >= 15 is 0 Å². The molecule has 1 rings (SSSR count). The molecule has 92 valence electrons. The maximum Gasteiger partial charge on any atom is 0.232 e. The fraction of sp³-hybridized carbons (Fsp3) is 0.667. The predicted molar refractivity (Wildman–Crippen MR) is 65.4 cm³/mol. The SMILES string of the molecule is Cc1n[nH]c(C)c1NS(=O)(=O)CCCCCl. The van der Waals surface area contributed by atoms with Crippen molar-refractivity contribution in [2.24, 2.45) is 0 Å². The number of nitrogens with one attached hydrogen (secondary N) is 2. The number of anilines is 1. The first-order valence-corrected chi connectivity index (χ1v) is 7.23. The third-order valence-electron chi connectivity index (χ3n) is 2.18. The minimum absolute atomic E-state index is 0.0871. The number of rotatable bonds is 6. The van der Waals surface area contributed by atoms with Crippen LogP contribution in [0.4, 0.5) is 5.69 Å². The molecule has 1 aromatic heterocycles. The van der Waals surface area contributed by atoms with Gasteiger partial charge in [0.25, 0.3) is 0 Å². The minimum Gasteiger partial charge on any atom is -0.280 e. The Bertz CT molecular complexity index is 422. The van der Waals surface area contributed by atoms with Gasteiger partial charge >= 0.3 is 0 Å². The first kappa shape index (κ1) is 13.3. The minimum atomic E-state index is -3.29. The van der Waals surface area contributed by atoms with E-state index in [4.69, 9.17) is 11.6 Å². The molecule has 5 nitrogen and oxygen atoms in total. The Kier molecular flexibility index (Phi) is 4.61. The van der Waals surface area contributed by atoms with Crippen molar-refractivity contribution in [1.29, 1.82) is 0 Å². The predicted octanol–water partition coefficient (Wildman–Crippen LogP) is 1.79. The average Bonchev–Trinajstić information content (AvgIpc) is 2.49. The van der Waals surface area contributed by atoms with Gasteiger partial charge in [0.1, 0.15) is 0 Å². The number of nitrogens with zero attached hydrogens (tertiary/aromatic N) is 1. The Morgan fingerprint density at radius 1 is 1.38 bits per heavy atom. The third kappa shape index (κ3) is 3.68. The second kappa shape index (κ2) is 5.54. The highest BCUT2D eigenvalue weighted by atomic mass is 35.5. The molecule has 1 heterocycles. The van der Waals surface area contributed by atoms with Crippen molar-refractivity contribution >= 4 is 27.3 Å². The van der Waals surface area contributed by atoms with Crippen LogP contribution in [0, 0.1) is 13.8 Å². The zero-order valence-corrected chi connectivity index (χ0v) is 11.0. The standard InChI is InChI=1S/C9H16ClN3O2S/c1-7-9(8(2)12-11-7)13-16(14,15)6-4-3-5-10/h13H,3-6H2,1-2H3,(H,11,12). The number of sulfonamides is 1. The molecule has 0 aliphatic rings. The van der Waals surface area contributed by atoms with Gasteiger partial charge in [0.05, 0.1) is 22.8 Å².